The van der Waals surface area contributed by atoms with Crippen molar-refractivity contribution >= 4 is 54.5 Å². The Balaban J connectivity index is 1.70. The molecule has 9 rings (SSSR count). The summed E-state index contributed by atoms with van der Waals surface area (Å²) in [5.41, 5.74) is -5.02. The Hall–Kier alpha value is -5.60. The lowest BCUT2D eigenvalue weighted by Crippen LogP contribution is -1.91. The number of fused-ring (bicyclic) bond motifs is 7. The van der Waals surface area contributed by atoms with Crippen molar-refractivity contribution in [2.45, 2.75) is 0 Å². The van der Waals surface area contributed by atoms with Crippen LogP contribution >= 0.6 is 0 Å². The van der Waals surface area contributed by atoms with Crippen LogP contribution in [0.15, 0.2) is 154 Å². The maximum atomic E-state index is 9.99. The first-order valence-electron chi connectivity index (χ1n) is 24.3. The van der Waals surface area contributed by atoms with Crippen LogP contribution in [-0.4, -0.2) is 0 Å². The van der Waals surface area contributed by atoms with Crippen molar-refractivity contribution in [3.8, 4) is 33.6 Å². The lowest BCUT2D eigenvalue weighted by molar-refractivity contribution is 0.611. The lowest BCUT2D eigenvalue weighted by Gasteiger charge is -2.18. The molecule has 0 atom stereocenters. The molecular weight excluding hydrogens is 512 g/mol. The van der Waals surface area contributed by atoms with Gasteiger partial charge in [-0.25, -0.2) is 0 Å². The van der Waals surface area contributed by atoms with E-state index in [1.807, 2.05) is 0 Å². The third-order valence-corrected chi connectivity index (χ3v) is 6.81. The van der Waals surface area contributed by atoms with Gasteiger partial charge in [-0.05, 0) is 61.9 Å². The van der Waals surface area contributed by atoms with Crippen LogP contribution in [0.25, 0.3) is 88.0 Å². The van der Waals surface area contributed by atoms with E-state index < -0.39 is 233 Å². The third kappa shape index (κ3) is 3.33. The van der Waals surface area contributed by atoms with Gasteiger partial charge >= 0.3 is 0 Å². The number of para-hydroxylation sites is 1. The highest BCUT2D eigenvalue weighted by atomic mass is 16.4. The van der Waals surface area contributed by atoms with E-state index in [0.29, 0.717) is 0 Å². The van der Waals surface area contributed by atoms with Crippen molar-refractivity contribution in [2.75, 3.05) is 0 Å². The predicted octanol–water partition coefficient (Wildman–Crippen LogP) is 11.6. The highest BCUT2D eigenvalue weighted by Gasteiger charge is 2.23. The molecule has 0 aliphatic carbocycles. The minimum absolute atomic E-state index is 0.440. The Morgan fingerprint density at radius 2 is 0.881 bits per heavy atom. The Morgan fingerprint density at radius 1 is 0.381 bits per heavy atom. The smallest absolute Gasteiger partial charge is 0.178 e. The van der Waals surface area contributed by atoms with E-state index in [1.165, 1.54) is 0 Å². The van der Waals surface area contributed by atoms with Crippen LogP contribution in [0.3, 0.4) is 0 Å². The average molecular weight is 561 g/mol. The maximum absolute atomic E-state index is 9.99. The van der Waals surface area contributed by atoms with E-state index in [-0.39, 0.29) is 0 Å². The van der Waals surface area contributed by atoms with Crippen molar-refractivity contribution in [3.63, 3.8) is 0 Å². The molecule has 0 unspecified atom stereocenters. The number of benzene rings is 7. The second-order valence-electron chi connectivity index (χ2n) is 9.02. The third-order valence-electron chi connectivity index (χ3n) is 6.81. The van der Waals surface area contributed by atoms with Crippen LogP contribution in [0.2, 0.25) is 0 Å². The van der Waals surface area contributed by atoms with E-state index in [0.717, 1.165) is 0 Å². The van der Waals surface area contributed by atoms with Gasteiger partial charge < -0.3 is 8.83 Å². The molecule has 0 bridgehead atoms. The topological polar surface area (TPSA) is 26.3 Å². The molecule has 0 spiro atoms. The van der Waals surface area contributed by atoms with Crippen LogP contribution in [0.5, 0.6) is 0 Å². The van der Waals surface area contributed by atoms with E-state index in [1.54, 1.807) is 0 Å². The van der Waals surface area contributed by atoms with Crippen LogP contribution in [0, 0.1) is 0 Å². The fraction of sp³-hybridized carbons (Fsp3) is 0. The molecular formula is C40H24O2. The van der Waals surface area contributed by atoms with E-state index in [4.69, 9.17) is 33.5 Å². The number of rotatable bonds is 3. The minimum atomic E-state index is -0.953. The second-order valence-corrected chi connectivity index (χ2v) is 9.02. The van der Waals surface area contributed by atoms with Gasteiger partial charge in [0.05, 0.1) is 32.9 Å². The molecule has 7 aromatic carbocycles. The summed E-state index contributed by atoms with van der Waals surface area (Å²) in [7, 11) is 0. The second kappa shape index (κ2) is 8.95. The molecule has 9 aromatic rings. The Bertz CT molecular complexity index is 3670. The van der Waals surface area contributed by atoms with Crippen LogP contribution in [0.4, 0.5) is 0 Å². The molecule has 0 amide bonds. The van der Waals surface area contributed by atoms with Gasteiger partial charge in [0.25, 0.3) is 0 Å². The number of hydrogen-bond acceptors (Lipinski definition) is 2. The van der Waals surface area contributed by atoms with Crippen LogP contribution in [-0.2, 0) is 0 Å². The molecule has 2 nitrogen and oxygen atoms in total. The summed E-state index contributed by atoms with van der Waals surface area (Å²) in [6.07, 6.45) is 0. The standard InChI is InChI=1S/C40H24O2/c1-3-13-25(14-4-1)36-24-34-32(23-33-27-17-11-12-22-35(27)41-39(33)40(34)42-36)38-30-20-9-7-18-28(30)37(26-15-5-2-6-16-26)29-19-8-10-21-31(29)38/h1-24H/i1D,2D,3D,4D,5D,6D,7D,8D,9D,10D,11D,12D,13D,14D,15D,16D,17D,18D,19D,20D,21D,22D,23D,24D. The van der Waals surface area contributed by atoms with Gasteiger partial charge in [0.15, 0.2) is 11.2 Å². The van der Waals surface area contributed by atoms with Crippen molar-refractivity contribution in [2.24, 2.45) is 0 Å². The quantitative estimate of drug-likeness (QED) is 0.201. The molecule has 2 heteroatoms. The van der Waals surface area contributed by atoms with Crippen molar-refractivity contribution in [1.82, 2.24) is 0 Å². The summed E-state index contributed by atoms with van der Waals surface area (Å²) < 4.78 is 225. The SMILES string of the molecule is [2H]c1c([2H])c([2H])c(-c2oc3c(c2[2H])c(-c2c4c([2H])c([2H])c([2H])c([2H])c4c(-c4c([2H])c([2H])c([2H])c([2H])c4[2H])c4c([2H])c([2H])c([2H])c([2H])c24)c([2H])c2c3oc3c([2H])c([2H])c([2H])c([2H])c32)c([2H])c1[2H]. The van der Waals surface area contributed by atoms with E-state index >= 15 is 0 Å². The van der Waals surface area contributed by atoms with Crippen molar-refractivity contribution in [3.05, 3.63) is 145 Å². The predicted molar refractivity (Wildman–Crippen MR) is 175 cm³/mol. The normalized spacial score (nSPS) is 19.8. The minimum Gasteiger partial charge on any atom is -0.452 e. The summed E-state index contributed by atoms with van der Waals surface area (Å²) in [5, 5.41) is -4.17. The monoisotopic (exact) mass is 560 g/mol. The van der Waals surface area contributed by atoms with Crippen LogP contribution in [0.1, 0.15) is 32.9 Å². The molecule has 0 saturated carbocycles. The molecule has 0 saturated heterocycles. The first-order valence-corrected chi connectivity index (χ1v) is 12.3. The first kappa shape index (κ1) is 9.75. The zero-order chi connectivity index (χ0) is 48.5. The van der Waals surface area contributed by atoms with Gasteiger partial charge in [0.2, 0.25) is 0 Å². The molecule has 0 fully saturated rings. The summed E-state index contributed by atoms with van der Waals surface area (Å²) in [6, 6.07) is -21.0. The molecule has 2 aromatic heterocycles. The molecule has 0 aliphatic heterocycles. The highest BCUT2D eigenvalue weighted by Crippen LogP contribution is 2.48. The summed E-state index contributed by atoms with van der Waals surface area (Å²) >= 11 is 0. The van der Waals surface area contributed by atoms with E-state index in [2.05, 4.69) is 0 Å². The Morgan fingerprint density at radius 3 is 1.52 bits per heavy atom. The first-order chi connectivity index (χ1) is 30.8. The number of hydrogen-bond donors (Lipinski definition) is 0. The van der Waals surface area contributed by atoms with Gasteiger partial charge in [0, 0.05) is 21.7 Å². The van der Waals surface area contributed by atoms with Gasteiger partial charge in [-0.1, -0.05) is 127 Å². The molecule has 0 N–H and O–H groups in total. The largest absolute Gasteiger partial charge is 0.452 e. The Labute approximate surface area is 275 Å². The fourth-order valence-corrected chi connectivity index (χ4v) is 5.14. The van der Waals surface area contributed by atoms with Crippen molar-refractivity contribution in [1.29, 1.82) is 0 Å². The van der Waals surface area contributed by atoms with Crippen molar-refractivity contribution < 1.29 is 41.7 Å². The Kier molecular flexibility index (Phi) is 2.08. The summed E-state index contributed by atoms with van der Waals surface area (Å²) in [5.74, 6) is -0.747. The zero-order valence-corrected chi connectivity index (χ0v) is 20.8. The average Bonchev–Trinajstić information content (AvgIpc) is 3.86. The van der Waals surface area contributed by atoms with Crippen LogP contribution < -0.4 is 0 Å². The molecule has 196 valence electrons. The zero-order valence-electron chi connectivity index (χ0n) is 44.8. The fourth-order valence-electron chi connectivity index (χ4n) is 5.14. The van der Waals surface area contributed by atoms with E-state index in [9.17, 15) is 8.22 Å². The van der Waals surface area contributed by atoms with Gasteiger partial charge in [0.1, 0.15) is 11.3 Å². The van der Waals surface area contributed by atoms with Gasteiger partial charge in [-0.3, -0.25) is 0 Å². The lowest BCUT2D eigenvalue weighted by atomic mass is 9.85. The number of furan rings is 2. The summed E-state index contributed by atoms with van der Waals surface area (Å²) in [4.78, 5) is 0. The maximum Gasteiger partial charge on any atom is 0.178 e. The summed E-state index contributed by atoms with van der Waals surface area (Å²) in [6.45, 7) is 0. The molecule has 2 heterocycles. The van der Waals surface area contributed by atoms with Gasteiger partial charge in [-0.15, -0.1) is 0 Å². The molecule has 0 aliphatic rings. The van der Waals surface area contributed by atoms with Gasteiger partial charge in [-0.2, -0.15) is 0 Å². The highest BCUT2D eigenvalue weighted by molar-refractivity contribution is 6.26. The molecule has 42 heavy (non-hydrogen) atoms. The molecule has 0 radical (unpaired) electrons.